The van der Waals surface area contributed by atoms with Crippen LogP contribution < -0.4 is 0 Å². The van der Waals surface area contributed by atoms with Gasteiger partial charge in [-0.15, -0.1) is 0 Å². The average Bonchev–Trinajstić information content (AvgIpc) is 2.78. The molecule has 2 rings (SSSR count). The van der Waals surface area contributed by atoms with Crippen LogP contribution in [0.25, 0.3) is 0 Å². The molecule has 0 aromatic heterocycles. The number of rotatable bonds is 3. The summed E-state index contributed by atoms with van der Waals surface area (Å²) in [4.78, 5) is 23.6. The molecule has 0 bridgehead atoms. The molecule has 1 saturated heterocycles. The second kappa shape index (κ2) is 3.01. The zero-order valence-corrected chi connectivity index (χ0v) is 7.40. The van der Waals surface area contributed by atoms with Crippen LogP contribution in [0.3, 0.4) is 0 Å². The number of carbonyl (C=O) groups is 2. The fourth-order valence-corrected chi connectivity index (χ4v) is 1.73. The van der Waals surface area contributed by atoms with E-state index in [1.54, 1.807) is 4.90 Å². The highest BCUT2D eigenvalue weighted by molar-refractivity contribution is 5.86. The van der Waals surface area contributed by atoms with E-state index in [4.69, 9.17) is 5.11 Å². The fraction of sp³-hybridized carbons (Fsp3) is 0.778. The second-order valence-electron chi connectivity index (χ2n) is 3.98. The Balaban J connectivity index is 1.90. The molecule has 2 aliphatic rings. The lowest BCUT2D eigenvalue weighted by atomic mass is 10.1. The van der Waals surface area contributed by atoms with E-state index in [2.05, 4.69) is 0 Å². The van der Waals surface area contributed by atoms with Gasteiger partial charge in [-0.05, 0) is 18.8 Å². The Morgan fingerprint density at radius 3 is 2.69 bits per heavy atom. The van der Waals surface area contributed by atoms with E-state index in [0.29, 0.717) is 12.5 Å². The molecule has 0 unspecified atom stereocenters. The van der Waals surface area contributed by atoms with Gasteiger partial charge in [0, 0.05) is 19.5 Å². The van der Waals surface area contributed by atoms with Gasteiger partial charge >= 0.3 is 5.97 Å². The van der Waals surface area contributed by atoms with E-state index < -0.39 is 11.9 Å². The van der Waals surface area contributed by atoms with Gasteiger partial charge in [0.25, 0.3) is 0 Å². The van der Waals surface area contributed by atoms with Gasteiger partial charge in [-0.3, -0.25) is 9.59 Å². The summed E-state index contributed by atoms with van der Waals surface area (Å²) in [7, 11) is 0. The van der Waals surface area contributed by atoms with Crippen LogP contribution in [0.2, 0.25) is 0 Å². The van der Waals surface area contributed by atoms with E-state index in [-0.39, 0.29) is 12.3 Å². The van der Waals surface area contributed by atoms with Crippen LogP contribution in [0.1, 0.15) is 19.3 Å². The number of hydrogen-bond donors (Lipinski definition) is 1. The van der Waals surface area contributed by atoms with Crippen molar-refractivity contribution >= 4 is 11.9 Å². The number of amides is 1. The summed E-state index contributed by atoms with van der Waals surface area (Å²) >= 11 is 0. The smallest absolute Gasteiger partial charge is 0.308 e. The van der Waals surface area contributed by atoms with Crippen LogP contribution in [0.15, 0.2) is 0 Å². The van der Waals surface area contributed by atoms with Gasteiger partial charge in [-0.25, -0.2) is 0 Å². The molecule has 72 valence electrons. The van der Waals surface area contributed by atoms with Crippen molar-refractivity contribution in [2.45, 2.75) is 19.3 Å². The summed E-state index contributed by atoms with van der Waals surface area (Å²) in [6, 6.07) is 0. The molecule has 4 nitrogen and oxygen atoms in total. The average molecular weight is 183 g/mol. The van der Waals surface area contributed by atoms with Crippen molar-refractivity contribution in [3.8, 4) is 0 Å². The van der Waals surface area contributed by atoms with Gasteiger partial charge in [0.1, 0.15) is 0 Å². The molecule has 0 radical (unpaired) electrons. The maximum atomic E-state index is 11.3. The number of nitrogens with zero attached hydrogens (tertiary/aromatic N) is 1. The summed E-state index contributed by atoms with van der Waals surface area (Å²) in [6.45, 7) is 1.20. The van der Waals surface area contributed by atoms with E-state index in [9.17, 15) is 9.59 Å². The molecule has 1 saturated carbocycles. The highest BCUT2D eigenvalue weighted by Gasteiger charge is 2.36. The minimum absolute atomic E-state index is 0.0132. The van der Waals surface area contributed by atoms with Crippen LogP contribution in [-0.2, 0) is 9.59 Å². The molecule has 1 heterocycles. The van der Waals surface area contributed by atoms with Crippen molar-refractivity contribution in [1.29, 1.82) is 0 Å². The van der Waals surface area contributed by atoms with Crippen LogP contribution in [0.5, 0.6) is 0 Å². The Morgan fingerprint density at radius 2 is 2.23 bits per heavy atom. The lowest BCUT2D eigenvalue weighted by molar-refractivity contribution is -0.141. The Bertz CT molecular complexity index is 247. The summed E-state index contributed by atoms with van der Waals surface area (Å²) in [5.41, 5.74) is 0. The van der Waals surface area contributed by atoms with Gasteiger partial charge < -0.3 is 10.0 Å². The van der Waals surface area contributed by atoms with Crippen molar-refractivity contribution in [2.75, 3.05) is 13.1 Å². The molecule has 1 amide bonds. The Kier molecular flexibility index (Phi) is 1.98. The third-order valence-corrected chi connectivity index (χ3v) is 2.74. The standard InChI is InChI=1S/C9H13NO3/c11-8-3-7(9(12)13)5-10(8)4-6-1-2-6/h6-7H,1-5H2,(H,12,13)/t7-/m0/s1. The fourth-order valence-electron chi connectivity index (χ4n) is 1.73. The third kappa shape index (κ3) is 1.82. The topological polar surface area (TPSA) is 57.6 Å². The highest BCUT2D eigenvalue weighted by Crippen LogP contribution is 2.31. The zero-order chi connectivity index (χ0) is 9.42. The molecule has 1 atom stereocenters. The second-order valence-corrected chi connectivity index (χ2v) is 3.98. The van der Waals surface area contributed by atoms with Gasteiger partial charge in [0.05, 0.1) is 5.92 Å². The number of carbonyl (C=O) groups excluding carboxylic acids is 1. The molecule has 1 N–H and O–H groups in total. The summed E-state index contributed by atoms with van der Waals surface area (Å²) in [5.74, 6) is -0.645. The van der Waals surface area contributed by atoms with E-state index in [1.807, 2.05) is 0 Å². The molecule has 4 heteroatoms. The molecule has 0 aromatic rings. The van der Waals surface area contributed by atoms with Crippen molar-refractivity contribution in [2.24, 2.45) is 11.8 Å². The number of aliphatic carboxylic acids is 1. The van der Waals surface area contributed by atoms with Crippen molar-refractivity contribution in [3.05, 3.63) is 0 Å². The Hall–Kier alpha value is -1.06. The minimum Gasteiger partial charge on any atom is -0.481 e. The van der Waals surface area contributed by atoms with Crippen LogP contribution >= 0.6 is 0 Å². The molecule has 0 aromatic carbocycles. The van der Waals surface area contributed by atoms with E-state index in [0.717, 1.165) is 6.54 Å². The Labute approximate surface area is 76.5 Å². The normalized spacial score (nSPS) is 28.2. The van der Waals surface area contributed by atoms with E-state index >= 15 is 0 Å². The number of carboxylic acids is 1. The lowest BCUT2D eigenvalue weighted by Crippen LogP contribution is -2.28. The summed E-state index contributed by atoms with van der Waals surface area (Å²) in [6.07, 6.45) is 2.59. The molecule has 2 fully saturated rings. The first kappa shape index (κ1) is 8.53. The number of hydrogen-bond acceptors (Lipinski definition) is 2. The number of carboxylic acid groups (broad SMARTS) is 1. The van der Waals surface area contributed by atoms with Crippen LogP contribution in [0, 0.1) is 11.8 Å². The molecule has 1 aliphatic heterocycles. The molecule has 13 heavy (non-hydrogen) atoms. The highest BCUT2D eigenvalue weighted by atomic mass is 16.4. The first-order chi connectivity index (χ1) is 6.16. The predicted molar refractivity (Wildman–Crippen MR) is 45.0 cm³/mol. The van der Waals surface area contributed by atoms with Crippen molar-refractivity contribution in [1.82, 2.24) is 4.90 Å². The third-order valence-electron chi connectivity index (χ3n) is 2.74. The first-order valence-electron chi connectivity index (χ1n) is 4.67. The lowest BCUT2D eigenvalue weighted by Gasteiger charge is -2.14. The molecule has 1 aliphatic carbocycles. The van der Waals surface area contributed by atoms with Gasteiger partial charge in [0.2, 0.25) is 5.91 Å². The van der Waals surface area contributed by atoms with Crippen molar-refractivity contribution < 1.29 is 14.7 Å². The molecular weight excluding hydrogens is 170 g/mol. The Morgan fingerprint density at radius 1 is 1.54 bits per heavy atom. The predicted octanol–water partition coefficient (Wildman–Crippen LogP) is 0.329. The van der Waals surface area contributed by atoms with E-state index in [1.165, 1.54) is 12.8 Å². The molecule has 0 spiro atoms. The first-order valence-corrected chi connectivity index (χ1v) is 4.67. The minimum atomic E-state index is -0.841. The SMILES string of the molecule is O=C(O)[C@H]1CC(=O)N(CC2CC2)C1. The van der Waals surface area contributed by atoms with Crippen molar-refractivity contribution in [3.63, 3.8) is 0 Å². The largest absolute Gasteiger partial charge is 0.481 e. The zero-order valence-electron chi connectivity index (χ0n) is 7.40. The van der Waals surface area contributed by atoms with Gasteiger partial charge in [-0.1, -0.05) is 0 Å². The van der Waals surface area contributed by atoms with Gasteiger partial charge in [0.15, 0.2) is 0 Å². The summed E-state index contributed by atoms with van der Waals surface area (Å²) < 4.78 is 0. The maximum Gasteiger partial charge on any atom is 0.308 e. The monoisotopic (exact) mass is 183 g/mol. The summed E-state index contributed by atoms with van der Waals surface area (Å²) in [5, 5.41) is 8.72. The molecular formula is C9H13NO3. The van der Waals surface area contributed by atoms with Crippen LogP contribution in [0.4, 0.5) is 0 Å². The maximum absolute atomic E-state index is 11.3. The van der Waals surface area contributed by atoms with Crippen LogP contribution in [-0.4, -0.2) is 35.0 Å². The number of likely N-dealkylation sites (tertiary alicyclic amines) is 1. The van der Waals surface area contributed by atoms with Gasteiger partial charge in [-0.2, -0.15) is 0 Å². The quantitative estimate of drug-likeness (QED) is 0.686.